The van der Waals surface area contributed by atoms with Gasteiger partial charge in [-0.3, -0.25) is 0 Å². The SMILES string of the molecule is Cc1ccccc1CSc1ncccc1N. The van der Waals surface area contributed by atoms with Crippen LogP contribution in [0, 0.1) is 6.92 Å². The van der Waals surface area contributed by atoms with Crippen molar-refractivity contribution in [2.45, 2.75) is 17.7 Å². The molecule has 0 radical (unpaired) electrons. The van der Waals surface area contributed by atoms with E-state index in [1.54, 1.807) is 18.0 Å². The summed E-state index contributed by atoms with van der Waals surface area (Å²) in [6.45, 7) is 2.12. The number of hydrogen-bond acceptors (Lipinski definition) is 3. The van der Waals surface area contributed by atoms with Crippen molar-refractivity contribution in [3.05, 3.63) is 53.7 Å². The number of aromatic nitrogens is 1. The third kappa shape index (κ3) is 2.55. The van der Waals surface area contributed by atoms with Crippen LogP contribution in [0.1, 0.15) is 11.1 Å². The fraction of sp³-hybridized carbons (Fsp3) is 0.154. The standard InChI is InChI=1S/C13H14N2S/c1-10-5-2-3-6-11(10)9-16-13-12(14)7-4-8-15-13/h2-8H,9,14H2,1H3. The fourth-order valence-corrected chi connectivity index (χ4v) is 2.43. The van der Waals surface area contributed by atoms with Crippen LogP contribution in [0.4, 0.5) is 5.69 Å². The molecular weight excluding hydrogens is 216 g/mol. The normalized spacial score (nSPS) is 10.3. The zero-order valence-electron chi connectivity index (χ0n) is 9.18. The Labute approximate surface area is 99.9 Å². The molecule has 0 fully saturated rings. The minimum atomic E-state index is 0.751. The van der Waals surface area contributed by atoms with Gasteiger partial charge < -0.3 is 5.73 Å². The quantitative estimate of drug-likeness (QED) is 0.822. The van der Waals surface area contributed by atoms with Gasteiger partial charge in [0.05, 0.1) is 5.69 Å². The first-order valence-electron chi connectivity index (χ1n) is 5.15. The third-order valence-corrected chi connectivity index (χ3v) is 3.50. The largest absolute Gasteiger partial charge is 0.397 e. The molecule has 0 atom stereocenters. The Hall–Kier alpha value is -1.48. The van der Waals surface area contributed by atoms with Crippen LogP contribution in [-0.2, 0) is 5.75 Å². The number of anilines is 1. The van der Waals surface area contributed by atoms with Gasteiger partial charge in [0.15, 0.2) is 0 Å². The van der Waals surface area contributed by atoms with Crippen LogP contribution in [-0.4, -0.2) is 4.98 Å². The van der Waals surface area contributed by atoms with Gasteiger partial charge in [-0.05, 0) is 30.2 Å². The lowest BCUT2D eigenvalue weighted by atomic mass is 10.1. The lowest BCUT2D eigenvalue weighted by Gasteiger charge is -2.06. The monoisotopic (exact) mass is 230 g/mol. The smallest absolute Gasteiger partial charge is 0.119 e. The molecule has 0 saturated carbocycles. The van der Waals surface area contributed by atoms with Crippen molar-refractivity contribution in [1.82, 2.24) is 4.98 Å². The number of nitrogens with two attached hydrogens (primary N) is 1. The second-order valence-corrected chi connectivity index (χ2v) is 4.58. The van der Waals surface area contributed by atoms with Gasteiger partial charge in [-0.1, -0.05) is 36.0 Å². The predicted octanol–water partition coefficient (Wildman–Crippen LogP) is 3.26. The third-order valence-electron chi connectivity index (χ3n) is 2.43. The van der Waals surface area contributed by atoms with Crippen LogP contribution in [0.15, 0.2) is 47.6 Å². The van der Waals surface area contributed by atoms with Gasteiger partial charge in [0.25, 0.3) is 0 Å². The number of hydrogen-bond donors (Lipinski definition) is 1. The molecule has 0 unspecified atom stereocenters. The van der Waals surface area contributed by atoms with E-state index in [9.17, 15) is 0 Å². The van der Waals surface area contributed by atoms with Crippen LogP contribution in [0.25, 0.3) is 0 Å². The Morgan fingerprint density at radius 2 is 2.00 bits per heavy atom. The topological polar surface area (TPSA) is 38.9 Å². The summed E-state index contributed by atoms with van der Waals surface area (Å²) in [6.07, 6.45) is 1.77. The maximum absolute atomic E-state index is 5.84. The van der Waals surface area contributed by atoms with E-state index in [0.29, 0.717) is 0 Å². The summed E-state index contributed by atoms with van der Waals surface area (Å²) in [5.41, 5.74) is 9.23. The number of rotatable bonds is 3. The minimum Gasteiger partial charge on any atom is -0.397 e. The predicted molar refractivity (Wildman–Crippen MR) is 69.4 cm³/mol. The molecule has 2 rings (SSSR count). The van der Waals surface area contributed by atoms with Gasteiger partial charge in [-0.25, -0.2) is 4.98 Å². The number of thioether (sulfide) groups is 1. The lowest BCUT2D eigenvalue weighted by Crippen LogP contribution is -1.92. The van der Waals surface area contributed by atoms with Crippen molar-refractivity contribution in [3.8, 4) is 0 Å². The molecule has 0 saturated heterocycles. The Bertz CT molecular complexity index is 437. The highest BCUT2D eigenvalue weighted by atomic mass is 32.2. The first kappa shape index (κ1) is 11.0. The average molecular weight is 230 g/mol. The molecule has 2 N–H and O–H groups in total. The Kier molecular flexibility index (Phi) is 3.47. The molecule has 0 bridgehead atoms. The zero-order chi connectivity index (χ0) is 11.4. The van der Waals surface area contributed by atoms with Crippen molar-refractivity contribution in [1.29, 1.82) is 0 Å². The number of pyridine rings is 1. The van der Waals surface area contributed by atoms with Crippen molar-refractivity contribution >= 4 is 17.4 Å². The lowest BCUT2D eigenvalue weighted by molar-refractivity contribution is 1.14. The van der Waals surface area contributed by atoms with E-state index in [4.69, 9.17) is 5.73 Å². The summed E-state index contributed by atoms with van der Waals surface area (Å²) >= 11 is 1.68. The van der Waals surface area contributed by atoms with Crippen LogP contribution in [0.3, 0.4) is 0 Å². The van der Waals surface area contributed by atoms with E-state index >= 15 is 0 Å². The van der Waals surface area contributed by atoms with Gasteiger partial charge in [-0.15, -0.1) is 0 Å². The molecule has 82 valence electrons. The van der Waals surface area contributed by atoms with E-state index in [1.165, 1.54) is 11.1 Å². The number of nitrogens with zero attached hydrogens (tertiary/aromatic N) is 1. The highest BCUT2D eigenvalue weighted by Crippen LogP contribution is 2.26. The van der Waals surface area contributed by atoms with E-state index < -0.39 is 0 Å². The molecule has 3 heteroatoms. The Morgan fingerprint density at radius 3 is 2.75 bits per heavy atom. The molecule has 1 heterocycles. The second kappa shape index (κ2) is 5.03. The van der Waals surface area contributed by atoms with Gasteiger partial charge in [0.2, 0.25) is 0 Å². The summed E-state index contributed by atoms with van der Waals surface area (Å²) in [4.78, 5) is 4.26. The van der Waals surface area contributed by atoms with E-state index in [-0.39, 0.29) is 0 Å². The summed E-state index contributed by atoms with van der Waals surface area (Å²) in [5.74, 6) is 0.911. The van der Waals surface area contributed by atoms with Crippen molar-refractivity contribution in [2.24, 2.45) is 0 Å². The maximum Gasteiger partial charge on any atom is 0.119 e. The fourth-order valence-electron chi connectivity index (χ4n) is 1.44. The first-order chi connectivity index (χ1) is 7.77. The van der Waals surface area contributed by atoms with Gasteiger partial charge in [-0.2, -0.15) is 0 Å². The van der Waals surface area contributed by atoms with Gasteiger partial charge in [0.1, 0.15) is 5.03 Å². The van der Waals surface area contributed by atoms with E-state index in [2.05, 4.69) is 36.2 Å². The number of benzene rings is 1. The molecule has 0 amide bonds. The van der Waals surface area contributed by atoms with E-state index in [1.807, 2.05) is 12.1 Å². The second-order valence-electron chi connectivity index (χ2n) is 3.61. The van der Waals surface area contributed by atoms with Gasteiger partial charge >= 0.3 is 0 Å². The van der Waals surface area contributed by atoms with E-state index in [0.717, 1.165) is 16.5 Å². The first-order valence-corrected chi connectivity index (χ1v) is 6.14. The summed E-state index contributed by atoms with van der Waals surface area (Å²) in [7, 11) is 0. The highest BCUT2D eigenvalue weighted by molar-refractivity contribution is 7.98. The molecule has 2 nitrogen and oxygen atoms in total. The molecule has 0 aliphatic rings. The molecule has 1 aromatic heterocycles. The maximum atomic E-state index is 5.84. The molecule has 1 aromatic carbocycles. The number of aryl methyl sites for hydroxylation is 1. The average Bonchev–Trinajstić information content (AvgIpc) is 2.30. The molecular formula is C13H14N2S. The Morgan fingerprint density at radius 1 is 1.19 bits per heavy atom. The van der Waals surface area contributed by atoms with Crippen LogP contribution < -0.4 is 5.73 Å². The van der Waals surface area contributed by atoms with Crippen LogP contribution in [0.5, 0.6) is 0 Å². The molecule has 0 spiro atoms. The zero-order valence-corrected chi connectivity index (χ0v) is 10.00. The Balaban J connectivity index is 2.09. The highest BCUT2D eigenvalue weighted by Gasteiger charge is 2.02. The van der Waals surface area contributed by atoms with Crippen LogP contribution >= 0.6 is 11.8 Å². The molecule has 16 heavy (non-hydrogen) atoms. The summed E-state index contributed by atoms with van der Waals surface area (Å²) in [6, 6.07) is 12.1. The molecule has 2 aromatic rings. The molecule has 0 aliphatic heterocycles. The summed E-state index contributed by atoms with van der Waals surface area (Å²) < 4.78 is 0. The van der Waals surface area contributed by atoms with Gasteiger partial charge in [0, 0.05) is 11.9 Å². The van der Waals surface area contributed by atoms with Crippen LogP contribution in [0.2, 0.25) is 0 Å². The minimum absolute atomic E-state index is 0.751. The number of nitrogen functional groups attached to an aromatic ring is 1. The van der Waals surface area contributed by atoms with Crippen molar-refractivity contribution < 1.29 is 0 Å². The summed E-state index contributed by atoms with van der Waals surface area (Å²) in [5, 5.41) is 0.908. The van der Waals surface area contributed by atoms with Crippen molar-refractivity contribution in [2.75, 3.05) is 5.73 Å². The molecule has 0 aliphatic carbocycles. The van der Waals surface area contributed by atoms with Crippen molar-refractivity contribution in [3.63, 3.8) is 0 Å².